The van der Waals surface area contributed by atoms with Crippen molar-refractivity contribution in [2.75, 3.05) is 26.4 Å². The van der Waals surface area contributed by atoms with Crippen molar-refractivity contribution >= 4 is 19.7 Å². The number of carbonyl (C=O) groups is 2. The van der Waals surface area contributed by atoms with Crippen molar-refractivity contribution in [2.45, 2.75) is 187 Å². The average molecular weight is 690 g/mol. The summed E-state index contributed by atoms with van der Waals surface area (Å²) in [6.07, 6.45) is 32.9. The van der Waals surface area contributed by atoms with E-state index in [1.165, 1.54) is 116 Å². The summed E-state index contributed by atoms with van der Waals surface area (Å²) in [6.45, 7) is 3.52. The van der Waals surface area contributed by atoms with Gasteiger partial charge in [0.15, 0.2) is 0 Å². The number of esters is 1. The SMILES string of the molecule is CCCCCCCC/C=C\CCCCCCCCCC(=O)OCC(O)COP(=O)(O)OCCNC(=O)CCCCCCCCCCC. The molecule has 3 N–H and O–H groups in total. The molecule has 278 valence electrons. The lowest BCUT2D eigenvalue weighted by atomic mass is 10.1. The van der Waals surface area contributed by atoms with Crippen molar-refractivity contribution in [2.24, 2.45) is 0 Å². The van der Waals surface area contributed by atoms with Crippen LogP contribution in [0, 0.1) is 0 Å². The fourth-order valence-electron chi connectivity index (χ4n) is 5.26. The van der Waals surface area contributed by atoms with Crippen LogP contribution in [0.15, 0.2) is 12.2 Å². The molecule has 0 saturated carbocycles. The molecule has 0 spiro atoms. The van der Waals surface area contributed by atoms with Crippen molar-refractivity contribution in [3.63, 3.8) is 0 Å². The summed E-state index contributed by atoms with van der Waals surface area (Å²) in [5.74, 6) is -0.520. The van der Waals surface area contributed by atoms with E-state index in [1.54, 1.807) is 0 Å². The molecule has 0 saturated heterocycles. The Morgan fingerprint density at radius 1 is 0.638 bits per heavy atom. The van der Waals surface area contributed by atoms with E-state index in [1.807, 2.05) is 0 Å². The first-order chi connectivity index (χ1) is 22.8. The van der Waals surface area contributed by atoms with Gasteiger partial charge in [0.2, 0.25) is 5.91 Å². The van der Waals surface area contributed by atoms with E-state index < -0.39 is 26.5 Å². The molecule has 47 heavy (non-hydrogen) atoms. The number of aliphatic hydroxyl groups is 1. The fourth-order valence-corrected chi connectivity index (χ4v) is 6.01. The van der Waals surface area contributed by atoms with Gasteiger partial charge in [0.05, 0.1) is 13.2 Å². The molecule has 0 aromatic carbocycles. The third-order valence-electron chi connectivity index (χ3n) is 8.20. The second-order valence-electron chi connectivity index (χ2n) is 12.9. The number of hydrogen-bond donors (Lipinski definition) is 3. The molecule has 0 radical (unpaired) electrons. The standard InChI is InChI=1S/C37H72NO8P/c1-3-5-7-9-11-13-14-15-16-17-18-19-20-22-24-26-28-30-37(41)44-33-35(39)34-46-47(42,43)45-32-31-38-36(40)29-27-25-23-21-12-10-8-6-4-2/h15-16,35,39H,3-14,17-34H2,1-2H3,(H,38,40)(H,42,43)/b16-15-. The van der Waals surface area contributed by atoms with Crippen LogP contribution in [0.1, 0.15) is 181 Å². The number of allylic oxidation sites excluding steroid dienone is 2. The first-order valence-electron chi connectivity index (χ1n) is 19.2. The van der Waals surface area contributed by atoms with Crippen molar-refractivity contribution < 1.29 is 37.9 Å². The highest BCUT2D eigenvalue weighted by atomic mass is 31.2. The van der Waals surface area contributed by atoms with Gasteiger partial charge >= 0.3 is 13.8 Å². The lowest BCUT2D eigenvalue weighted by molar-refractivity contribution is -0.147. The van der Waals surface area contributed by atoms with Crippen molar-refractivity contribution in [1.29, 1.82) is 0 Å². The van der Waals surface area contributed by atoms with Gasteiger partial charge in [-0.1, -0.05) is 142 Å². The Morgan fingerprint density at radius 3 is 1.60 bits per heavy atom. The van der Waals surface area contributed by atoms with Crippen LogP contribution >= 0.6 is 7.82 Å². The number of ether oxygens (including phenoxy) is 1. The number of nitrogens with one attached hydrogen (secondary N) is 1. The summed E-state index contributed by atoms with van der Waals surface area (Å²) < 4.78 is 26.7. The van der Waals surface area contributed by atoms with E-state index in [4.69, 9.17) is 13.8 Å². The Bertz CT molecular complexity index is 794. The van der Waals surface area contributed by atoms with E-state index in [2.05, 4.69) is 31.3 Å². The molecule has 0 fully saturated rings. The van der Waals surface area contributed by atoms with E-state index in [9.17, 15) is 24.2 Å². The van der Waals surface area contributed by atoms with Crippen LogP contribution in [-0.4, -0.2) is 54.3 Å². The third kappa shape index (κ3) is 35.9. The van der Waals surface area contributed by atoms with Crippen molar-refractivity contribution in [3.05, 3.63) is 12.2 Å². The van der Waals surface area contributed by atoms with Gasteiger partial charge in [-0.15, -0.1) is 0 Å². The van der Waals surface area contributed by atoms with E-state index in [-0.39, 0.29) is 32.1 Å². The zero-order valence-corrected chi connectivity index (χ0v) is 31.1. The minimum Gasteiger partial charge on any atom is -0.463 e. The van der Waals surface area contributed by atoms with E-state index in [0.29, 0.717) is 6.42 Å². The van der Waals surface area contributed by atoms with E-state index in [0.717, 1.165) is 38.5 Å². The first-order valence-corrected chi connectivity index (χ1v) is 20.7. The number of hydrogen-bond acceptors (Lipinski definition) is 7. The Labute approximate surface area is 288 Å². The first kappa shape index (κ1) is 45.8. The van der Waals surface area contributed by atoms with Gasteiger partial charge in [0.25, 0.3) is 0 Å². The highest BCUT2D eigenvalue weighted by Gasteiger charge is 2.23. The molecule has 0 aromatic rings. The summed E-state index contributed by atoms with van der Waals surface area (Å²) in [5.41, 5.74) is 0. The summed E-state index contributed by atoms with van der Waals surface area (Å²) in [6, 6.07) is 0. The summed E-state index contributed by atoms with van der Waals surface area (Å²) in [7, 11) is -4.40. The monoisotopic (exact) mass is 689 g/mol. The molecule has 0 bridgehead atoms. The maximum atomic E-state index is 12.0. The summed E-state index contributed by atoms with van der Waals surface area (Å²) >= 11 is 0. The van der Waals surface area contributed by atoms with Crippen LogP contribution in [0.3, 0.4) is 0 Å². The zero-order valence-electron chi connectivity index (χ0n) is 30.2. The Morgan fingerprint density at radius 2 is 1.09 bits per heavy atom. The molecule has 0 aliphatic rings. The quantitative estimate of drug-likeness (QED) is 0.0256. The highest BCUT2D eigenvalue weighted by molar-refractivity contribution is 7.47. The minimum atomic E-state index is -4.40. The second-order valence-corrected chi connectivity index (χ2v) is 14.4. The molecule has 0 heterocycles. The van der Waals surface area contributed by atoms with Gasteiger partial charge in [-0.3, -0.25) is 18.6 Å². The second kappa shape index (κ2) is 34.6. The van der Waals surface area contributed by atoms with Crippen LogP contribution in [-0.2, 0) is 27.9 Å². The predicted molar refractivity (Wildman–Crippen MR) is 192 cm³/mol. The van der Waals surface area contributed by atoms with Crippen LogP contribution in [0.4, 0.5) is 0 Å². The summed E-state index contributed by atoms with van der Waals surface area (Å²) in [5, 5.41) is 12.6. The number of rotatable bonds is 36. The Hall–Kier alpha value is -1.25. The van der Waals surface area contributed by atoms with E-state index >= 15 is 0 Å². The Balaban J connectivity index is 3.60. The number of unbranched alkanes of at least 4 members (excludes halogenated alkanes) is 21. The van der Waals surface area contributed by atoms with Crippen molar-refractivity contribution in [3.8, 4) is 0 Å². The van der Waals surface area contributed by atoms with Gasteiger partial charge < -0.3 is 20.1 Å². The highest BCUT2D eigenvalue weighted by Crippen LogP contribution is 2.42. The zero-order chi connectivity index (χ0) is 34.7. The molecule has 0 aromatic heterocycles. The van der Waals surface area contributed by atoms with Crippen molar-refractivity contribution in [1.82, 2.24) is 5.32 Å². The van der Waals surface area contributed by atoms with Gasteiger partial charge in [-0.2, -0.15) is 0 Å². The smallest absolute Gasteiger partial charge is 0.463 e. The molecule has 10 heteroatoms. The number of aliphatic hydroxyl groups excluding tert-OH is 1. The van der Waals surface area contributed by atoms with Gasteiger partial charge in [-0.25, -0.2) is 4.57 Å². The van der Waals surface area contributed by atoms with Gasteiger partial charge in [0.1, 0.15) is 12.7 Å². The molecule has 0 aliphatic carbocycles. The predicted octanol–water partition coefficient (Wildman–Crippen LogP) is 9.88. The third-order valence-corrected chi connectivity index (χ3v) is 9.18. The molecular formula is C37H72NO8P. The molecular weight excluding hydrogens is 617 g/mol. The minimum absolute atomic E-state index is 0.0847. The largest absolute Gasteiger partial charge is 0.472 e. The lowest BCUT2D eigenvalue weighted by Gasteiger charge is -2.15. The summed E-state index contributed by atoms with van der Waals surface area (Å²) in [4.78, 5) is 33.7. The van der Waals surface area contributed by atoms with Crippen LogP contribution < -0.4 is 5.32 Å². The van der Waals surface area contributed by atoms with Gasteiger partial charge in [0, 0.05) is 19.4 Å². The normalized spacial score (nSPS) is 13.5. The molecule has 9 nitrogen and oxygen atoms in total. The molecule has 2 atom stereocenters. The van der Waals surface area contributed by atoms with Crippen LogP contribution in [0.5, 0.6) is 0 Å². The number of amides is 1. The maximum absolute atomic E-state index is 12.0. The van der Waals surface area contributed by atoms with Crippen LogP contribution in [0.2, 0.25) is 0 Å². The Kier molecular flexibility index (Phi) is 33.7. The topological polar surface area (TPSA) is 131 Å². The molecule has 0 rings (SSSR count). The molecule has 1 amide bonds. The number of phosphoric acid groups is 1. The molecule has 2 unspecified atom stereocenters. The fraction of sp³-hybridized carbons (Fsp3) is 0.892. The molecule has 0 aliphatic heterocycles. The number of phosphoric ester groups is 1. The number of carbonyl (C=O) groups excluding carboxylic acids is 2. The average Bonchev–Trinajstić information content (AvgIpc) is 3.05. The maximum Gasteiger partial charge on any atom is 0.472 e. The van der Waals surface area contributed by atoms with Crippen LogP contribution in [0.25, 0.3) is 0 Å². The lowest BCUT2D eigenvalue weighted by Crippen LogP contribution is -2.27. The van der Waals surface area contributed by atoms with Gasteiger partial charge in [-0.05, 0) is 38.5 Å².